The van der Waals surface area contributed by atoms with Crippen LogP contribution >= 0.6 is 0 Å². The van der Waals surface area contributed by atoms with Crippen LogP contribution in [0.3, 0.4) is 0 Å². The molecule has 0 radical (unpaired) electrons. The van der Waals surface area contributed by atoms with Gasteiger partial charge in [0.15, 0.2) is 0 Å². The van der Waals surface area contributed by atoms with Gasteiger partial charge in [-0.15, -0.1) is 0 Å². The van der Waals surface area contributed by atoms with E-state index in [1.165, 1.54) is 24.3 Å². The second-order valence-corrected chi connectivity index (χ2v) is 4.22. The van der Waals surface area contributed by atoms with Gasteiger partial charge in [-0.05, 0) is 12.1 Å². The fraction of sp³-hybridized carbons (Fsp3) is 0.267. The maximum absolute atomic E-state index is 12.0. The van der Waals surface area contributed by atoms with Gasteiger partial charge in [0.1, 0.15) is 12.7 Å². The molecule has 1 rings (SSSR count). The minimum atomic E-state index is -1.26. The monoisotopic (exact) mass is 308 g/mol. The highest BCUT2D eigenvalue weighted by molar-refractivity contribution is 6.02. The van der Waals surface area contributed by atoms with E-state index in [1.807, 2.05) is 0 Å². The minimum Gasteiger partial charge on any atom is -0.478 e. The van der Waals surface area contributed by atoms with Crippen molar-refractivity contribution >= 4 is 17.9 Å². The Morgan fingerprint density at radius 3 is 2.41 bits per heavy atom. The van der Waals surface area contributed by atoms with Gasteiger partial charge in [-0.1, -0.05) is 18.7 Å². The first-order chi connectivity index (χ1) is 10.5. The summed E-state index contributed by atoms with van der Waals surface area (Å²) in [5.41, 5.74) is -0.314. The van der Waals surface area contributed by atoms with E-state index in [1.54, 1.807) is 0 Å². The van der Waals surface area contributed by atoms with Crippen LogP contribution in [0.25, 0.3) is 0 Å². The summed E-state index contributed by atoms with van der Waals surface area (Å²) in [6.07, 6.45) is 0.117. The van der Waals surface area contributed by atoms with Gasteiger partial charge in [0.2, 0.25) is 0 Å². The van der Waals surface area contributed by atoms with Crippen LogP contribution in [-0.2, 0) is 14.3 Å². The van der Waals surface area contributed by atoms with Crippen molar-refractivity contribution < 1.29 is 34.1 Å². The number of aliphatic hydroxyl groups excluding tert-OH is 1. The maximum Gasteiger partial charge on any atom is 0.339 e. The Kier molecular flexibility index (Phi) is 6.78. The molecular weight excluding hydrogens is 292 g/mol. The van der Waals surface area contributed by atoms with Gasteiger partial charge in [0.05, 0.1) is 11.1 Å². The molecule has 7 heteroatoms. The molecule has 0 aliphatic carbocycles. The predicted octanol–water partition coefficient (Wildman–Crippen LogP) is 1.02. The standard InChI is InChI=1S/C15H16O7/c1-2-13(17)21-9-10(7-8-16)22-15(20)12-6-4-3-5-11(12)14(18)19/h2-6,10,16H,1,7-9H2,(H,18,19). The van der Waals surface area contributed by atoms with Crippen molar-refractivity contribution in [1.82, 2.24) is 0 Å². The van der Waals surface area contributed by atoms with Crippen LogP contribution < -0.4 is 0 Å². The molecule has 0 saturated heterocycles. The molecule has 1 aromatic carbocycles. The quantitative estimate of drug-likeness (QED) is 0.545. The number of benzene rings is 1. The van der Waals surface area contributed by atoms with Crippen molar-refractivity contribution in [3.8, 4) is 0 Å². The van der Waals surface area contributed by atoms with Crippen molar-refractivity contribution in [2.24, 2.45) is 0 Å². The van der Waals surface area contributed by atoms with Gasteiger partial charge < -0.3 is 19.7 Å². The number of carbonyl (C=O) groups excluding carboxylic acids is 2. The number of aliphatic hydroxyl groups is 1. The summed E-state index contributed by atoms with van der Waals surface area (Å²) in [5, 5.41) is 18.0. The average molecular weight is 308 g/mol. The van der Waals surface area contributed by atoms with Crippen LogP contribution in [0.5, 0.6) is 0 Å². The molecule has 0 bridgehead atoms. The SMILES string of the molecule is C=CC(=O)OCC(CCO)OC(=O)c1ccccc1C(=O)O. The highest BCUT2D eigenvalue weighted by atomic mass is 16.6. The number of carboxylic acids is 1. The van der Waals surface area contributed by atoms with Crippen molar-refractivity contribution in [3.63, 3.8) is 0 Å². The van der Waals surface area contributed by atoms with Crippen LogP contribution in [-0.4, -0.2) is 47.4 Å². The summed E-state index contributed by atoms with van der Waals surface area (Å²) >= 11 is 0. The van der Waals surface area contributed by atoms with E-state index in [-0.39, 0.29) is 30.8 Å². The summed E-state index contributed by atoms with van der Waals surface area (Å²) in [7, 11) is 0. The van der Waals surface area contributed by atoms with Crippen molar-refractivity contribution in [2.75, 3.05) is 13.2 Å². The predicted molar refractivity (Wildman–Crippen MR) is 75.5 cm³/mol. The molecule has 0 aromatic heterocycles. The van der Waals surface area contributed by atoms with Gasteiger partial charge >= 0.3 is 17.9 Å². The summed E-state index contributed by atoms with van der Waals surface area (Å²) < 4.78 is 9.85. The topological polar surface area (TPSA) is 110 Å². The number of hydrogen-bond acceptors (Lipinski definition) is 6. The lowest BCUT2D eigenvalue weighted by molar-refractivity contribution is -0.141. The molecule has 7 nitrogen and oxygen atoms in total. The number of esters is 2. The van der Waals surface area contributed by atoms with Gasteiger partial charge in [-0.25, -0.2) is 14.4 Å². The summed E-state index contributed by atoms with van der Waals surface area (Å²) in [5.74, 6) is -2.82. The number of aromatic carboxylic acids is 1. The molecule has 2 N–H and O–H groups in total. The van der Waals surface area contributed by atoms with Crippen molar-refractivity contribution in [3.05, 3.63) is 48.0 Å². The van der Waals surface area contributed by atoms with Gasteiger partial charge in [0, 0.05) is 19.1 Å². The molecule has 22 heavy (non-hydrogen) atoms. The first-order valence-electron chi connectivity index (χ1n) is 6.43. The third-order valence-electron chi connectivity index (χ3n) is 2.68. The number of rotatable bonds is 8. The molecule has 1 unspecified atom stereocenters. The minimum absolute atomic E-state index is 0.0470. The number of carboxylic acid groups (broad SMARTS) is 1. The van der Waals surface area contributed by atoms with Crippen molar-refractivity contribution in [2.45, 2.75) is 12.5 Å². The maximum atomic E-state index is 12.0. The molecule has 0 aliphatic heterocycles. The lowest BCUT2D eigenvalue weighted by atomic mass is 10.1. The van der Waals surface area contributed by atoms with E-state index >= 15 is 0 Å². The third-order valence-corrected chi connectivity index (χ3v) is 2.68. The van der Waals surface area contributed by atoms with E-state index in [0.29, 0.717) is 0 Å². The normalized spacial score (nSPS) is 11.3. The fourth-order valence-corrected chi connectivity index (χ4v) is 1.62. The smallest absolute Gasteiger partial charge is 0.339 e. The Bertz CT molecular complexity index is 565. The zero-order valence-corrected chi connectivity index (χ0v) is 11.7. The molecule has 0 spiro atoms. The molecular formula is C15H16O7. The average Bonchev–Trinajstić information content (AvgIpc) is 2.52. The van der Waals surface area contributed by atoms with Crippen LogP contribution in [0.1, 0.15) is 27.1 Å². The van der Waals surface area contributed by atoms with Gasteiger partial charge in [-0.3, -0.25) is 0 Å². The molecule has 1 atom stereocenters. The molecule has 1 aromatic rings. The zero-order chi connectivity index (χ0) is 16.5. The second-order valence-electron chi connectivity index (χ2n) is 4.22. The van der Waals surface area contributed by atoms with Crippen LogP contribution in [0.2, 0.25) is 0 Å². The number of ether oxygens (including phenoxy) is 2. The molecule has 0 heterocycles. The number of carbonyl (C=O) groups is 3. The molecule has 0 fully saturated rings. The highest BCUT2D eigenvalue weighted by Crippen LogP contribution is 2.13. The third kappa shape index (κ3) is 5.02. The molecule has 118 valence electrons. The largest absolute Gasteiger partial charge is 0.478 e. The summed E-state index contributed by atoms with van der Waals surface area (Å²) in [4.78, 5) is 34.1. The Labute approximate surface area is 126 Å². The van der Waals surface area contributed by atoms with Gasteiger partial charge in [0.25, 0.3) is 0 Å². The van der Waals surface area contributed by atoms with Crippen molar-refractivity contribution in [1.29, 1.82) is 0 Å². The Morgan fingerprint density at radius 1 is 1.23 bits per heavy atom. The first-order valence-corrected chi connectivity index (χ1v) is 6.43. The molecule has 0 saturated carbocycles. The lowest BCUT2D eigenvalue weighted by Gasteiger charge is -2.17. The van der Waals surface area contributed by atoms with E-state index < -0.39 is 24.0 Å². The summed E-state index contributed by atoms with van der Waals surface area (Å²) in [6.45, 7) is 2.68. The van der Waals surface area contributed by atoms with Crippen LogP contribution in [0.4, 0.5) is 0 Å². The van der Waals surface area contributed by atoms with E-state index in [4.69, 9.17) is 19.7 Å². The Hall–Kier alpha value is -2.67. The van der Waals surface area contributed by atoms with Crippen LogP contribution in [0.15, 0.2) is 36.9 Å². The highest BCUT2D eigenvalue weighted by Gasteiger charge is 2.21. The molecule has 0 aliphatic rings. The van der Waals surface area contributed by atoms with E-state index in [2.05, 4.69) is 6.58 Å². The van der Waals surface area contributed by atoms with Crippen LogP contribution in [0, 0.1) is 0 Å². The van der Waals surface area contributed by atoms with E-state index in [0.717, 1.165) is 6.08 Å². The van der Waals surface area contributed by atoms with E-state index in [9.17, 15) is 14.4 Å². The Morgan fingerprint density at radius 2 is 1.86 bits per heavy atom. The first kappa shape index (κ1) is 17.4. The zero-order valence-electron chi connectivity index (χ0n) is 11.7. The van der Waals surface area contributed by atoms with Gasteiger partial charge in [-0.2, -0.15) is 0 Å². The fourth-order valence-electron chi connectivity index (χ4n) is 1.62. The molecule has 0 amide bonds. The lowest BCUT2D eigenvalue weighted by Crippen LogP contribution is -2.26. The Balaban J connectivity index is 2.80. The second kappa shape index (κ2) is 8.58. The summed E-state index contributed by atoms with van der Waals surface area (Å²) in [6, 6.07) is 5.58. The number of hydrogen-bond donors (Lipinski definition) is 2.